The minimum atomic E-state index is -2.71. The summed E-state index contributed by atoms with van der Waals surface area (Å²) < 4.78 is 106. The molecule has 0 N–H and O–H groups in total. The van der Waals surface area contributed by atoms with E-state index in [1.807, 2.05) is 0 Å². The van der Waals surface area contributed by atoms with E-state index in [-0.39, 0.29) is 33.0 Å². The Kier molecular flexibility index (Phi) is 7.39. The standard InChI is InChI=1S/C27H13ClF6N2O3S/c1-38-20-10-16(12-3-2-4-13(28)7-12)18(29)9-17(20)26-15-6-5-14(8-19(15)35-11-36-26)40(37)39-27-24(33)22(31)21(30)23(32)25(27)34/h2-11H,1H3. The number of halogens is 7. The number of rotatable bonds is 6. The third-order valence-electron chi connectivity index (χ3n) is 5.81. The predicted octanol–water partition coefficient (Wildman–Crippen LogP) is 7.56. The van der Waals surface area contributed by atoms with Crippen LogP contribution < -0.4 is 8.92 Å². The first kappa shape index (κ1) is 27.4. The van der Waals surface area contributed by atoms with Crippen LogP contribution in [0.4, 0.5) is 26.3 Å². The van der Waals surface area contributed by atoms with E-state index in [1.54, 1.807) is 24.3 Å². The van der Waals surface area contributed by atoms with Crippen LogP contribution in [0.3, 0.4) is 0 Å². The lowest BCUT2D eigenvalue weighted by atomic mass is 9.99. The molecule has 1 heterocycles. The van der Waals surface area contributed by atoms with Crippen LogP contribution in [0.15, 0.2) is 65.8 Å². The first-order valence-corrected chi connectivity index (χ1v) is 12.6. The maximum atomic E-state index is 15.3. The molecular weight excluding hydrogens is 582 g/mol. The van der Waals surface area contributed by atoms with Crippen molar-refractivity contribution in [3.63, 3.8) is 0 Å². The molecule has 0 bridgehead atoms. The minimum Gasteiger partial charge on any atom is -0.496 e. The van der Waals surface area contributed by atoms with Gasteiger partial charge in [0.25, 0.3) is 0 Å². The number of methoxy groups -OCH3 is 1. The molecular formula is C27H13ClF6N2O3S. The van der Waals surface area contributed by atoms with E-state index < -0.39 is 51.7 Å². The molecule has 0 saturated heterocycles. The number of nitrogens with zero attached hydrogens (tertiary/aromatic N) is 2. The molecule has 0 spiro atoms. The Morgan fingerprint density at radius 1 is 0.800 bits per heavy atom. The second kappa shape index (κ2) is 10.8. The van der Waals surface area contributed by atoms with Crippen LogP contribution in [0.2, 0.25) is 5.02 Å². The van der Waals surface area contributed by atoms with Crippen LogP contribution in [0, 0.1) is 34.9 Å². The van der Waals surface area contributed by atoms with Crippen LogP contribution in [0.1, 0.15) is 0 Å². The molecule has 0 aliphatic heterocycles. The number of fused-ring (bicyclic) bond motifs is 1. The first-order chi connectivity index (χ1) is 19.1. The maximum absolute atomic E-state index is 15.3. The summed E-state index contributed by atoms with van der Waals surface area (Å²) in [6.07, 6.45) is 1.14. The van der Waals surface area contributed by atoms with Crippen molar-refractivity contribution in [3.05, 3.63) is 101 Å². The fourth-order valence-corrected chi connectivity index (χ4v) is 4.89. The van der Waals surface area contributed by atoms with Crippen LogP contribution >= 0.6 is 11.6 Å². The molecule has 4 aromatic carbocycles. The molecule has 5 rings (SSSR count). The van der Waals surface area contributed by atoms with Gasteiger partial charge < -0.3 is 8.92 Å². The predicted molar refractivity (Wildman–Crippen MR) is 135 cm³/mol. The third kappa shape index (κ3) is 4.84. The molecule has 5 aromatic rings. The zero-order valence-corrected chi connectivity index (χ0v) is 21.5. The third-order valence-corrected chi connectivity index (χ3v) is 7.00. The van der Waals surface area contributed by atoms with E-state index in [4.69, 9.17) is 16.3 Å². The van der Waals surface area contributed by atoms with Gasteiger partial charge in [-0.15, -0.1) is 0 Å². The van der Waals surface area contributed by atoms with E-state index >= 15 is 4.39 Å². The number of hydrogen-bond acceptors (Lipinski definition) is 5. The Balaban J connectivity index is 1.54. The zero-order chi connectivity index (χ0) is 28.7. The van der Waals surface area contributed by atoms with Crippen molar-refractivity contribution in [3.8, 4) is 33.9 Å². The van der Waals surface area contributed by atoms with Gasteiger partial charge in [-0.25, -0.2) is 31.7 Å². The van der Waals surface area contributed by atoms with Crippen molar-refractivity contribution in [2.75, 3.05) is 7.11 Å². The van der Waals surface area contributed by atoms with Crippen LogP contribution in [-0.2, 0) is 11.1 Å². The maximum Gasteiger partial charge on any atom is 0.240 e. The first-order valence-electron chi connectivity index (χ1n) is 11.1. The zero-order valence-electron chi connectivity index (χ0n) is 19.9. The van der Waals surface area contributed by atoms with Gasteiger partial charge in [0.15, 0.2) is 0 Å². The summed E-state index contributed by atoms with van der Waals surface area (Å²) in [7, 11) is 1.39. The summed E-state index contributed by atoms with van der Waals surface area (Å²) in [5.41, 5.74) is 1.38. The molecule has 5 nitrogen and oxygen atoms in total. The van der Waals surface area contributed by atoms with Gasteiger partial charge in [-0.05, 0) is 48.0 Å². The van der Waals surface area contributed by atoms with Crippen LogP contribution in [0.25, 0.3) is 33.3 Å². The monoisotopic (exact) mass is 594 g/mol. The summed E-state index contributed by atoms with van der Waals surface area (Å²) >= 11 is 3.33. The molecule has 1 unspecified atom stereocenters. The second-order valence-corrected chi connectivity index (χ2v) is 9.70. The van der Waals surface area contributed by atoms with Gasteiger partial charge in [0, 0.05) is 21.5 Å². The minimum absolute atomic E-state index is 0.151. The van der Waals surface area contributed by atoms with Gasteiger partial charge in [0.1, 0.15) is 17.9 Å². The van der Waals surface area contributed by atoms with Gasteiger partial charge in [-0.3, -0.25) is 0 Å². The van der Waals surface area contributed by atoms with Crippen molar-refractivity contribution in [2.45, 2.75) is 4.90 Å². The van der Waals surface area contributed by atoms with E-state index in [1.165, 1.54) is 37.4 Å². The van der Waals surface area contributed by atoms with E-state index in [0.29, 0.717) is 16.0 Å². The molecule has 13 heteroatoms. The van der Waals surface area contributed by atoms with Crippen molar-refractivity contribution >= 4 is 33.6 Å². The quantitative estimate of drug-likeness (QED) is 0.115. The average molecular weight is 595 g/mol. The largest absolute Gasteiger partial charge is 0.496 e. The molecule has 0 saturated carbocycles. The van der Waals surface area contributed by atoms with Crippen LogP contribution in [-0.4, -0.2) is 21.3 Å². The number of ether oxygens (including phenoxy) is 1. The molecule has 0 amide bonds. The highest BCUT2D eigenvalue weighted by atomic mass is 35.5. The van der Waals surface area contributed by atoms with Gasteiger partial charge >= 0.3 is 0 Å². The smallest absolute Gasteiger partial charge is 0.240 e. The second-order valence-electron chi connectivity index (χ2n) is 8.16. The van der Waals surface area contributed by atoms with Crippen molar-refractivity contribution in [2.24, 2.45) is 0 Å². The summed E-state index contributed by atoms with van der Waals surface area (Å²) in [6.45, 7) is 0. The highest BCUT2D eigenvalue weighted by Gasteiger charge is 2.29. The van der Waals surface area contributed by atoms with Gasteiger partial charge in [-0.2, -0.15) is 8.78 Å². The molecule has 0 radical (unpaired) electrons. The molecule has 40 heavy (non-hydrogen) atoms. The topological polar surface area (TPSA) is 61.3 Å². The lowest BCUT2D eigenvalue weighted by Crippen LogP contribution is -2.09. The Bertz CT molecular complexity index is 1810. The van der Waals surface area contributed by atoms with E-state index in [9.17, 15) is 26.2 Å². The Morgan fingerprint density at radius 3 is 2.17 bits per heavy atom. The van der Waals surface area contributed by atoms with Gasteiger partial charge in [0.05, 0.1) is 23.2 Å². The molecule has 204 valence electrons. The van der Waals surface area contributed by atoms with Gasteiger partial charge in [-0.1, -0.05) is 23.7 Å². The Hall–Kier alpha value is -4.16. The van der Waals surface area contributed by atoms with Crippen molar-refractivity contribution in [1.29, 1.82) is 0 Å². The fourth-order valence-electron chi connectivity index (χ4n) is 3.92. The number of hydrogen-bond donors (Lipinski definition) is 0. The molecule has 0 aliphatic carbocycles. The normalized spacial score (nSPS) is 12.0. The van der Waals surface area contributed by atoms with E-state index in [0.717, 1.165) is 6.33 Å². The average Bonchev–Trinajstić information content (AvgIpc) is 2.96. The molecule has 1 aromatic heterocycles. The molecule has 0 aliphatic rings. The summed E-state index contributed by atoms with van der Waals surface area (Å²) in [5, 5.41) is 0.756. The fraction of sp³-hybridized carbons (Fsp3) is 0.0370. The SMILES string of the molecule is COc1cc(-c2cccc(Cl)c2)c(F)cc1-c1ncnc2cc(S(=O)Oc3c(F)c(F)c(F)c(F)c3F)ccc12. The number of benzene rings is 4. The molecule has 0 fully saturated rings. The Labute approximate surface area is 229 Å². The number of aromatic nitrogens is 2. The summed E-state index contributed by atoms with van der Waals surface area (Å²) in [5.74, 6) is -13.4. The van der Waals surface area contributed by atoms with Gasteiger partial charge in [0.2, 0.25) is 45.9 Å². The summed E-state index contributed by atoms with van der Waals surface area (Å²) in [6, 6.07) is 13.1. The van der Waals surface area contributed by atoms with E-state index in [2.05, 4.69) is 14.2 Å². The lowest BCUT2D eigenvalue weighted by molar-refractivity contribution is 0.352. The highest BCUT2D eigenvalue weighted by molar-refractivity contribution is 7.80. The molecule has 1 atom stereocenters. The van der Waals surface area contributed by atoms with Crippen molar-refractivity contribution < 1.29 is 39.5 Å². The lowest BCUT2D eigenvalue weighted by Gasteiger charge is -2.14. The Morgan fingerprint density at radius 2 is 1.50 bits per heavy atom. The van der Waals surface area contributed by atoms with Crippen molar-refractivity contribution in [1.82, 2.24) is 9.97 Å². The summed E-state index contributed by atoms with van der Waals surface area (Å²) in [4.78, 5) is 8.10. The highest BCUT2D eigenvalue weighted by Crippen LogP contribution is 2.39. The van der Waals surface area contributed by atoms with Crippen LogP contribution in [0.5, 0.6) is 11.5 Å².